The lowest BCUT2D eigenvalue weighted by atomic mass is 10.2. The Kier molecular flexibility index (Phi) is 14.0. The van der Waals surface area contributed by atoms with Crippen LogP contribution in [0, 0.1) is 0 Å². The molecule has 0 aliphatic rings. The number of aliphatic hydroxyl groups excluding tert-OH is 1. The van der Waals surface area contributed by atoms with E-state index in [1.165, 1.54) is 0 Å². The summed E-state index contributed by atoms with van der Waals surface area (Å²) in [5.74, 6) is 0. The molecule has 1 unspecified atom stereocenters. The van der Waals surface area contributed by atoms with Crippen LogP contribution in [0.2, 0.25) is 0 Å². The fourth-order valence-corrected chi connectivity index (χ4v) is 2.58. The van der Waals surface area contributed by atoms with Gasteiger partial charge in [0, 0.05) is 38.9 Å². The van der Waals surface area contributed by atoms with E-state index in [0.717, 1.165) is 25.7 Å². The third kappa shape index (κ3) is 12.2. The zero-order valence-corrected chi connectivity index (χ0v) is 18.1. The molecule has 1 heterocycles. The van der Waals surface area contributed by atoms with Gasteiger partial charge >= 0.3 is 12.2 Å². The number of rotatable bonds is 15. The minimum atomic E-state index is -0.803. The first kappa shape index (κ1) is 25.6. The Morgan fingerprint density at radius 3 is 2.07 bits per heavy atom. The molecule has 1 aromatic heterocycles. The zero-order chi connectivity index (χ0) is 22.0. The average molecular weight is 425 g/mol. The summed E-state index contributed by atoms with van der Waals surface area (Å²) >= 11 is 0. The monoisotopic (exact) mass is 424 g/mol. The van der Waals surface area contributed by atoms with E-state index < -0.39 is 18.3 Å². The summed E-state index contributed by atoms with van der Waals surface area (Å²) in [6, 6.07) is 5.34. The van der Waals surface area contributed by atoms with Crippen molar-refractivity contribution in [2.75, 3.05) is 45.9 Å². The van der Waals surface area contributed by atoms with Gasteiger partial charge in [-0.25, -0.2) is 9.59 Å². The van der Waals surface area contributed by atoms with E-state index in [-0.39, 0.29) is 19.8 Å². The van der Waals surface area contributed by atoms with Crippen molar-refractivity contribution in [3.63, 3.8) is 0 Å². The van der Waals surface area contributed by atoms with Crippen molar-refractivity contribution in [3.8, 4) is 0 Å². The van der Waals surface area contributed by atoms with Gasteiger partial charge in [0.1, 0.15) is 19.3 Å². The van der Waals surface area contributed by atoms with E-state index in [1.54, 1.807) is 18.3 Å². The molecule has 170 valence electrons. The first-order valence-corrected chi connectivity index (χ1v) is 10.7. The fraction of sp³-hybridized carbons (Fsp3) is 0.667. The number of nitrogens with one attached hydrogen (secondary N) is 2. The lowest BCUT2D eigenvalue weighted by molar-refractivity contribution is 0.0709. The number of ether oxygens (including phenoxy) is 2. The molecule has 0 saturated carbocycles. The smallest absolute Gasteiger partial charge is 0.407 e. The van der Waals surface area contributed by atoms with Crippen molar-refractivity contribution in [1.82, 2.24) is 20.5 Å². The van der Waals surface area contributed by atoms with Crippen LogP contribution in [-0.4, -0.2) is 73.1 Å². The van der Waals surface area contributed by atoms with Crippen LogP contribution in [0.4, 0.5) is 9.59 Å². The van der Waals surface area contributed by atoms with Crippen LogP contribution in [0.25, 0.3) is 0 Å². The normalized spacial score (nSPS) is 11.7. The molecule has 1 rings (SSSR count). The Labute approximate surface area is 179 Å². The summed E-state index contributed by atoms with van der Waals surface area (Å²) in [6.07, 6.45) is 3.68. The number of nitrogens with zero attached hydrogens (tertiary/aromatic N) is 2. The molecule has 0 aliphatic carbocycles. The van der Waals surface area contributed by atoms with Gasteiger partial charge in [0.15, 0.2) is 0 Å². The lowest BCUT2D eigenvalue weighted by Gasteiger charge is -2.24. The van der Waals surface area contributed by atoms with Crippen LogP contribution in [0.5, 0.6) is 0 Å². The summed E-state index contributed by atoms with van der Waals surface area (Å²) in [7, 11) is 0. The summed E-state index contributed by atoms with van der Waals surface area (Å²) in [5, 5.41) is 15.8. The highest BCUT2D eigenvalue weighted by Crippen LogP contribution is 2.11. The number of amides is 2. The molecule has 1 aromatic rings. The van der Waals surface area contributed by atoms with E-state index in [2.05, 4.69) is 15.6 Å². The maximum absolute atomic E-state index is 11.7. The number of pyridine rings is 1. The van der Waals surface area contributed by atoms with E-state index in [1.807, 2.05) is 24.8 Å². The van der Waals surface area contributed by atoms with Gasteiger partial charge in [-0.3, -0.25) is 9.88 Å². The van der Waals surface area contributed by atoms with Crippen LogP contribution in [0.15, 0.2) is 24.4 Å². The van der Waals surface area contributed by atoms with Gasteiger partial charge < -0.3 is 25.2 Å². The topological polar surface area (TPSA) is 113 Å². The Bertz CT molecular complexity index is 560. The molecule has 0 bridgehead atoms. The van der Waals surface area contributed by atoms with Gasteiger partial charge in [-0.2, -0.15) is 0 Å². The molecule has 30 heavy (non-hydrogen) atoms. The molecule has 9 nitrogen and oxygen atoms in total. The second-order valence-corrected chi connectivity index (χ2v) is 6.90. The van der Waals surface area contributed by atoms with Crippen molar-refractivity contribution >= 4 is 12.2 Å². The van der Waals surface area contributed by atoms with Gasteiger partial charge in [0.05, 0.1) is 5.69 Å². The molecule has 0 saturated heterocycles. The van der Waals surface area contributed by atoms with Crippen LogP contribution in [0.3, 0.4) is 0 Å². The van der Waals surface area contributed by atoms with Gasteiger partial charge in [0.2, 0.25) is 0 Å². The highest BCUT2D eigenvalue weighted by Gasteiger charge is 2.16. The van der Waals surface area contributed by atoms with Crippen LogP contribution < -0.4 is 10.6 Å². The Morgan fingerprint density at radius 1 is 1.03 bits per heavy atom. The summed E-state index contributed by atoms with van der Waals surface area (Å²) in [4.78, 5) is 29.4. The number of aromatic nitrogens is 1. The summed E-state index contributed by atoms with van der Waals surface area (Å²) < 4.78 is 10.4. The predicted molar refractivity (Wildman–Crippen MR) is 114 cm³/mol. The highest BCUT2D eigenvalue weighted by atomic mass is 16.6. The SMILES string of the molecule is CCCCNC(=O)OCCN(CCOC(=O)NCCCC)CC(O)c1ccccn1. The second-order valence-electron chi connectivity index (χ2n) is 6.90. The number of aliphatic hydroxyl groups is 1. The number of carbonyl (C=O) groups excluding carboxylic acids is 2. The maximum Gasteiger partial charge on any atom is 0.407 e. The lowest BCUT2D eigenvalue weighted by Crippen LogP contribution is -2.37. The average Bonchev–Trinajstić information content (AvgIpc) is 2.74. The molecular formula is C21H36N4O5. The van der Waals surface area contributed by atoms with E-state index in [0.29, 0.717) is 31.9 Å². The zero-order valence-electron chi connectivity index (χ0n) is 18.1. The fourth-order valence-electron chi connectivity index (χ4n) is 2.58. The van der Waals surface area contributed by atoms with Crippen LogP contribution in [0.1, 0.15) is 51.3 Å². The van der Waals surface area contributed by atoms with Gasteiger partial charge in [-0.15, -0.1) is 0 Å². The van der Waals surface area contributed by atoms with Crippen molar-refractivity contribution in [1.29, 1.82) is 0 Å². The maximum atomic E-state index is 11.7. The summed E-state index contributed by atoms with van der Waals surface area (Å²) in [5.41, 5.74) is 0.555. The molecule has 0 spiro atoms. The van der Waals surface area contributed by atoms with Crippen molar-refractivity contribution in [2.45, 2.75) is 45.6 Å². The van der Waals surface area contributed by atoms with Crippen molar-refractivity contribution in [3.05, 3.63) is 30.1 Å². The number of alkyl carbamates (subject to hydrolysis) is 2. The minimum Gasteiger partial charge on any atom is -0.448 e. The number of unbranched alkanes of at least 4 members (excludes halogenated alkanes) is 2. The van der Waals surface area contributed by atoms with Crippen molar-refractivity contribution < 1.29 is 24.2 Å². The molecular weight excluding hydrogens is 388 g/mol. The second kappa shape index (κ2) is 16.4. The number of carbonyl (C=O) groups is 2. The first-order chi connectivity index (χ1) is 14.6. The summed E-state index contributed by atoms with van der Waals surface area (Å²) in [6.45, 7) is 6.65. The third-order valence-corrected chi connectivity index (χ3v) is 4.34. The minimum absolute atomic E-state index is 0.162. The molecule has 0 fully saturated rings. The Balaban J connectivity index is 2.45. The predicted octanol–water partition coefficient (Wildman–Crippen LogP) is 2.47. The van der Waals surface area contributed by atoms with Crippen molar-refractivity contribution in [2.24, 2.45) is 0 Å². The van der Waals surface area contributed by atoms with Gasteiger partial charge in [-0.05, 0) is 25.0 Å². The number of hydrogen-bond acceptors (Lipinski definition) is 7. The Morgan fingerprint density at radius 2 is 1.60 bits per heavy atom. The molecule has 9 heteroatoms. The standard InChI is InChI=1S/C21H36N4O5/c1-3-5-10-23-20(27)29-15-13-25(14-16-30-21(28)24-11-6-4-2)17-19(26)18-9-7-8-12-22-18/h7-9,12,19,26H,3-6,10-11,13-17H2,1-2H3,(H,23,27)(H,24,28). The highest BCUT2D eigenvalue weighted by molar-refractivity contribution is 5.67. The molecule has 1 atom stereocenters. The van der Waals surface area contributed by atoms with Gasteiger partial charge in [0.25, 0.3) is 0 Å². The van der Waals surface area contributed by atoms with Crippen LogP contribution >= 0.6 is 0 Å². The third-order valence-electron chi connectivity index (χ3n) is 4.34. The quantitative estimate of drug-likeness (QED) is 0.371. The number of hydrogen-bond donors (Lipinski definition) is 3. The first-order valence-electron chi connectivity index (χ1n) is 10.7. The molecule has 0 aromatic carbocycles. The van der Waals surface area contributed by atoms with E-state index in [9.17, 15) is 14.7 Å². The van der Waals surface area contributed by atoms with Gasteiger partial charge in [-0.1, -0.05) is 32.8 Å². The molecule has 0 aliphatic heterocycles. The molecule has 0 radical (unpaired) electrons. The molecule has 3 N–H and O–H groups in total. The van der Waals surface area contributed by atoms with E-state index >= 15 is 0 Å². The Hall–Kier alpha value is -2.39. The largest absolute Gasteiger partial charge is 0.448 e. The molecule has 2 amide bonds. The van der Waals surface area contributed by atoms with E-state index in [4.69, 9.17) is 9.47 Å². The van der Waals surface area contributed by atoms with Crippen LogP contribution in [-0.2, 0) is 9.47 Å².